The van der Waals surface area contributed by atoms with Gasteiger partial charge in [-0.1, -0.05) is 0 Å². The normalized spacial score (nSPS) is 17.3. The molecule has 1 aromatic heterocycles. The van der Waals surface area contributed by atoms with E-state index in [0.717, 1.165) is 32.6 Å². The van der Waals surface area contributed by atoms with E-state index >= 15 is 0 Å². The molecule has 7 nitrogen and oxygen atoms in total. The first kappa shape index (κ1) is 12.7. The second-order valence-electron chi connectivity index (χ2n) is 4.40. The Balaban J connectivity index is 2.05. The van der Waals surface area contributed by atoms with Crippen molar-refractivity contribution in [2.45, 2.75) is 6.42 Å². The molecule has 1 aliphatic rings. The first-order valence-electron chi connectivity index (χ1n) is 5.99. The van der Waals surface area contributed by atoms with Gasteiger partial charge < -0.3 is 15.2 Å². The van der Waals surface area contributed by atoms with Crippen molar-refractivity contribution >= 4 is 11.7 Å². The van der Waals surface area contributed by atoms with Crippen LogP contribution >= 0.6 is 0 Å². The minimum atomic E-state index is -0.0682. The topological polar surface area (TPSA) is 87.4 Å². The Morgan fingerprint density at radius 3 is 2.78 bits per heavy atom. The zero-order chi connectivity index (χ0) is 13.0. The summed E-state index contributed by atoms with van der Waals surface area (Å²) < 4.78 is 0. The van der Waals surface area contributed by atoms with Crippen LogP contribution in [0, 0.1) is 0 Å². The Labute approximate surface area is 106 Å². The Morgan fingerprint density at radius 1 is 1.28 bits per heavy atom. The average Bonchev–Trinajstić information content (AvgIpc) is 2.63. The first-order valence-corrected chi connectivity index (χ1v) is 5.99. The Hall–Kier alpha value is -1.73. The fourth-order valence-corrected chi connectivity index (χ4v) is 1.93. The molecule has 18 heavy (non-hydrogen) atoms. The van der Waals surface area contributed by atoms with E-state index < -0.39 is 0 Å². The van der Waals surface area contributed by atoms with Gasteiger partial charge in [-0.25, -0.2) is 5.84 Å². The number of anilines is 1. The molecule has 1 saturated heterocycles. The summed E-state index contributed by atoms with van der Waals surface area (Å²) in [4.78, 5) is 16.3. The van der Waals surface area contributed by atoms with Crippen LogP contribution in [0.2, 0.25) is 0 Å². The molecular formula is C11H18N6O. The van der Waals surface area contributed by atoms with Crippen LogP contribution < -0.4 is 11.3 Å². The van der Waals surface area contributed by atoms with Gasteiger partial charge in [0.05, 0.1) is 0 Å². The highest BCUT2D eigenvalue weighted by Crippen LogP contribution is 2.07. The Morgan fingerprint density at radius 2 is 2.11 bits per heavy atom. The predicted molar refractivity (Wildman–Crippen MR) is 67.9 cm³/mol. The highest BCUT2D eigenvalue weighted by molar-refractivity contribution is 5.92. The van der Waals surface area contributed by atoms with E-state index in [-0.39, 0.29) is 5.91 Å². The van der Waals surface area contributed by atoms with Crippen molar-refractivity contribution in [2.24, 2.45) is 5.84 Å². The van der Waals surface area contributed by atoms with Crippen molar-refractivity contribution in [3.05, 3.63) is 17.8 Å². The lowest BCUT2D eigenvalue weighted by Crippen LogP contribution is -2.35. The van der Waals surface area contributed by atoms with E-state index in [9.17, 15) is 4.79 Å². The van der Waals surface area contributed by atoms with Gasteiger partial charge in [0.2, 0.25) is 0 Å². The maximum absolute atomic E-state index is 12.2. The molecule has 0 atom stereocenters. The average molecular weight is 250 g/mol. The molecule has 98 valence electrons. The fourth-order valence-electron chi connectivity index (χ4n) is 1.93. The van der Waals surface area contributed by atoms with Crippen LogP contribution in [0.15, 0.2) is 12.1 Å². The summed E-state index contributed by atoms with van der Waals surface area (Å²) >= 11 is 0. The molecule has 1 aliphatic heterocycles. The van der Waals surface area contributed by atoms with Crippen LogP contribution in [0.1, 0.15) is 16.9 Å². The fraction of sp³-hybridized carbons (Fsp3) is 0.545. The Bertz CT molecular complexity index is 406. The van der Waals surface area contributed by atoms with Crippen LogP contribution in [0.3, 0.4) is 0 Å². The number of nitrogens with zero attached hydrogens (tertiary/aromatic N) is 4. The number of likely N-dealkylation sites (N-methyl/N-ethyl adjacent to an activating group) is 1. The molecule has 0 unspecified atom stereocenters. The number of hydrazine groups is 1. The molecular weight excluding hydrogens is 232 g/mol. The van der Waals surface area contributed by atoms with Gasteiger partial charge >= 0.3 is 0 Å². The number of carbonyl (C=O) groups excluding carboxylic acids is 1. The van der Waals surface area contributed by atoms with Crippen LogP contribution in [-0.2, 0) is 0 Å². The number of amides is 1. The van der Waals surface area contributed by atoms with E-state index in [1.165, 1.54) is 0 Å². The molecule has 3 N–H and O–H groups in total. The maximum atomic E-state index is 12.2. The summed E-state index contributed by atoms with van der Waals surface area (Å²) in [6, 6.07) is 3.28. The SMILES string of the molecule is CN1CCCN(C(=O)c2ccc(NN)nn2)CC1. The summed E-state index contributed by atoms with van der Waals surface area (Å²) in [7, 11) is 2.06. The number of carbonyl (C=O) groups is 1. The number of hydrogen-bond donors (Lipinski definition) is 2. The molecule has 0 radical (unpaired) electrons. The van der Waals surface area contributed by atoms with Gasteiger partial charge in [0.15, 0.2) is 11.5 Å². The summed E-state index contributed by atoms with van der Waals surface area (Å²) in [5.74, 6) is 5.58. The van der Waals surface area contributed by atoms with Gasteiger partial charge in [-0.05, 0) is 32.1 Å². The van der Waals surface area contributed by atoms with E-state index in [0.29, 0.717) is 11.5 Å². The number of nitrogens with two attached hydrogens (primary N) is 1. The van der Waals surface area contributed by atoms with Crippen molar-refractivity contribution in [3.8, 4) is 0 Å². The van der Waals surface area contributed by atoms with Crippen LogP contribution in [-0.4, -0.2) is 59.1 Å². The lowest BCUT2D eigenvalue weighted by Gasteiger charge is -2.19. The smallest absolute Gasteiger partial charge is 0.274 e. The van der Waals surface area contributed by atoms with Gasteiger partial charge in [0.1, 0.15) is 0 Å². The van der Waals surface area contributed by atoms with E-state index in [1.54, 1.807) is 12.1 Å². The molecule has 0 spiro atoms. The second-order valence-corrected chi connectivity index (χ2v) is 4.40. The summed E-state index contributed by atoms with van der Waals surface area (Å²) in [5.41, 5.74) is 2.74. The predicted octanol–water partition coefficient (Wildman–Crippen LogP) is -0.460. The standard InChI is InChI=1S/C11H18N6O/c1-16-5-2-6-17(8-7-16)11(18)9-3-4-10(13-12)15-14-9/h3-4H,2,5-8,12H2,1H3,(H,13,15). The highest BCUT2D eigenvalue weighted by atomic mass is 16.2. The van der Waals surface area contributed by atoms with Gasteiger partial charge in [-0.2, -0.15) is 0 Å². The molecule has 2 rings (SSSR count). The zero-order valence-electron chi connectivity index (χ0n) is 10.5. The summed E-state index contributed by atoms with van der Waals surface area (Å²) in [5, 5.41) is 7.68. The van der Waals surface area contributed by atoms with Crippen molar-refractivity contribution in [1.82, 2.24) is 20.0 Å². The summed E-state index contributed by atoms with van der Waals surface area (Å²) in [6.07, 6.45) is 0.984. The van der Waals surface area contributed by atoms with Crippen molar-refractivity contribution < 1.29 is 4.79 Å². The van der Waals surface area contributed by atoms with Crippen LogP contribution in [0.5, 0.6) is 0 Å². The Kier molecular flexibility index (Phi) is 4.06. The van der Waals surface area contributed by atoms with Crippen LogP contribution in [0.25, 0.3) is 0 Å². The van der Waals surface area contributed by atoms with Crippen molar-refractivity contribution in [1.29, 1.82) is 0 Å². The largest absolute Gasteiger partial charge is 0.336 e. The second kappa shape index (κ2) is 5.74. The molecule has 1 aromatic rings. The van der Waals surface area contributed by atoms with Gasteiger partial charge in [-0.3, -0.25) is 4.79 Å². The van der Waals surface area contributed by atoms with Gasteiger partial charge in [0, 0.05) is 19.6 Å². The third kappa shape index (κ3) is 2.93. The third-order valence-corrected chi connectivity index (χ3v) is 3.04. The highest BCUT2D eigenvalue weighted by Gasteiger charge is 2.20. The van der Waals surface area contributed by atoms with E-state index in [2.05, 4.69) is 27.6 Å². The molecule has 2 heterocycles. The molecule has 0 bridgehead atoms. The van der Waals surface area contributed by atoms with Crippen LogP contribution in [0.4, 0.5) is 5.82 Å². The zero-order valence-corrected chi connectivity index (χ0v) is 10.5. The quantitative estimate of drug-likeness (QED) is 0.545. The third-order valence-electron chi connectivity index (χ3n) is 3.04. The molecule has 1 fully saturated rings. The summed E-state index contributed by atoms with van der Waals surface area (Å²) in [6.45, 7) is 3.41. The maximum Gasteiger partial charge on any atom is 0.274 e. The number of rotatable bonds is 2. The molecule has 7 heteroatoms. The van der Waals surface area contributed by atoms with E-state index in [4.69, 9.17) is 5.84 Å². The molecule has 0 saturated carbocycles. The molecule has 0 aliphatic carbocycles. The minimum Gasteiger partial charge on any atom is -0.336 e. The molecule has 1 amide bonds. The molecule has 0 aromatic carbocycles. The lowest BCUT2D eigenvalue weighted by molar-refractivity contribution is 0.0756. The van der Waals surface area contributed by atoms with Gasteiger partial charge in [0.25, 0.3) is 5.91 Å². The monoisotopic (exact) mass is 250 g/mol. The number of aromatic nitrogens is 2. The number of nitrogens with one attached hydrogen (secondary N) is 1. The van der Waals surface area contributed by atoms with Gasteiger partial charge in [-0.15, -0.1) is 10.2 Å². The van der Waals surface area contributed by atoms with Crippen molar-refractivity contribution in [2.75, 3.05) is 38.7 Å². The van der Waals surface area contributed by atoms with Crippen molar-refractivity contribution in [3.63, 3.8) is 0 Å². The number of nitrogen functional groups attached to an aromatic ring is 1. The number of hydrogen-bond acceptors (Lipinski definition) is 6. The lowest BCUT2D eigenvalue weighted by atomic mass is 10.3. The van der Waals surface area contributed by atoms with E-state index in [1.807, 2.05) is 4.90 Å². The first-order chi connectivity index (χ1) is 8.70. The minimum absolute atomic E-state index is 0.0682.